The van der Waals surface area contributed by atoms with Crippen LogP contribution in [0.1, 0.15) is 19.2 Å². The Morgan fingerprint density at radius 3 is 2.67 bits per heavy atom. The molecule has 0 aliphatic carbocycles. The summed E-state index contributed by atoms with van der Waals surface area (Å²) in [5.74, 6) is 2.17. The number of carbonyl (C=O) groups excluding carboxylic acids is 1. The van der Waals surface area contributed by atoms with Crippen molar-refractivity contribution in [1.82, 2.24) is 10.2 Å². The molecule has 0 saturated carbocycles. The fourth-order valence-electron chi connectivity index (χ4n) is 2.47. The van der Waals surface area contributed by atoms with Crippen LogP contribution in [0.25, 0.3) is 11.5 Å². The fraction of sp³-hybridized carbons (Fsp3) is 0.250. The highest BCUT2D eigenvalue weighted by atomic mass is 16.5. The summed E-state index contributed by atoms with van der Waals surface area (Å²) < 4.78 is 16.2. The lowest BCUT2D eigenvalue weighted by Gasteiger charge is -2.06. The van der Waals surface area contributed by atoms with Gasteiger partial charge in [0.25, 0.3) is 0 Å². The Balaban J connectivity index is 1.54. The molecule has 1 heterocycles. The first-order valence-corrected chi connectivity index (χ1v) is 8.67. The third kappa shape index (κ3) is 5.07. The average molecular weight is 367 g/mol. The SMILES string of the molecule is CCOc1ccc(NC(=O)CCc2nnc(-c3cccc(OC)c3)o2)cc1. The van der Waals surface area contributed by atoms with Crippen molar-refractivity contribution in [2.45, 2.75) is 19.8 Å². The third-order valence-corrected chi connectivity index (χ3v) is 3.80. The van der Waals surface area contributed by atoms with E-state index >= 15 is 0 Å². The minimum Gasteiger partial charge on any atom is -0.497 e. The normalized spacial score (nSPS) is 10.4. The molecule has 3 rings (SSSR count). The Labute approximate surface area is 157 Å². The van der Waals surface area contributed by atoms with E-state index in [1.165, 1.54) is 0 Å². The van der Waals surface area contributed by atoms with Gasteiger partial charge in [0.15, 0.2) is 0 Å². The van der Waals surface area contributed by atoms with Crippen molar-refractivity contribution >= 4 is 11.6 Å². The molecule has 0 radical (unpaired) electrons. The van der Waals surface area contributed by atoms with E-state index < -0.39 is 0 Å². The quantitative estimate of drug-likeness (QED) is 0.653. The molecule has 0 aliphatic heterocycles. The van der Waals surface area contributed by atoms with E-state index in [1.54, 1.807) is 19.2 Å². The van der Waals surface area contributed by atoms with Crippen LogP contribution in [-0.4, -0.2) is 29.8 Å². The van der Waals surface area contributed by atoms with E-state index in [0.717, 1.165) is 11.3 Å². The molecule has 0 unspecified atom stereocenters. The van der Waals surface area contributed by atoms with Gasteiger partial charge in [-0.25, -0.2) is 0 Å². The van der Waals surface area contributed by atoms with E-state index in [-0.39, 0.29) is 12.3 Å². The van der Waals surface area contributed by atoms with Crippen molar-refractivity contribution in [3.8, 4) is 23.0 Å². The number of amides is 1. The van der Waals surface area contributed by atoms with E-state index in [0.29, 0.717) is 36.2 Å². The standard InChI is InChI=1S/C20H21N3O4/c1-3-26-16-9-7-15(8-10-16)21-18(24)11-12-19-22-23-20(27-19)14-5-4-6-17(13-14)25-2/h4-10,13H,3,11-12H2,1-2H3,(H,21,24). The topological polar surface area (TPSA) is 86.5 Å². The van der Waals surface area contributed by atoms with Crippen molar-refractivity contribution in [2.24, 2.45) is 0 Å². The van der Waals surface area contributed by atoms with Crippen molar-refractivity contribution in [3.05, 3.63) is 54.4 Å². The Bertz CT molecular complexity index is 890. The maximum atomic E-state index is 12.1. The van der Waals surface area contributed by atoms with Gasteiger partial charge in [0.2, 0.25) is 17.7 Å². The minimum absolute atomic E-state index is 0.125. The molecule has 0 bridgehead atoms. The van der Waals surface area contributed by atoms with Crippen molar-refractivity contribution < 1.29 is 18.7 Å². The molecule has 3 aromatic rings. The summed E-state index contributed by atoms with van der Waals surface area (Å²) in [6.07, 6.45) is 0.604. The first-order chi connectivity index (χ1) is 13.2. The van der Waals surface area contributed by atoms with E-state index in [4.69, 9.17) is 13.9 Å². The molecule has 27 heavy (non-hydrogen) atoms. The molecular formula is C20H21N3O4. The summed E-state index contributed by atoms with van der Waals surface area (Å²) in [5, 5.41) is 10.9. The Kier molecular flexibility index (Phi) is 6.04. The van der Waals surface area contributed by atoms with Crippen LogP contribution in [0.5, 0.6) is 11.5 Å². The van der Waals surface area contributed by atoms with E-state index in [9.17, 15) is 4.79 Å². The summed E-state index contributed by atoms with van der Waals surface area (Å²) in [4.78, 5) is 12.1. The van der Waals surface area contributed by atoms with Gasteiger partial charge in [-0.15, -0.1) is 10.2 Å². The first kappa shape index (κ1) is 18.4. The van der Waals surface area contributed by atoms with Crippen LogP contribution in [0.15, 0.2) is 52.9 Å². The highest BCUT2D eigenvalue weighted by Gasteiger charge is 2.11. The van der Waals surface area contributed by atoms with Crippen LogP contribution in [0.2, 0.25) is 0 Å². The van der Waals surface area contributed by atoms with Gasteiger partial charge in [0, 0.05) is 24.1 Å². The Hall–Kier alpha value is -3.35. The number of nitrogens with one attached hydrogen (secondary N) is 1. The van der Waals surface area contributed by atoms with Gasteiger partial charge >= 0.3 is 0 Å². The van der Waals surface area contributed by atoms with Gasteiger partial charge in [-0.1, -0.05) is 6.07 Å². The number of carbonyl (C=O) groups is 1. The molecule has 1 amide bonds. The average Bonchev–Trinajstić information content (AvgIpc) is 3.17. The molecule has 1 aromatic heterocycles. The summed E-state index contributed by atoms with van der Waals surface area (Å²) in [5.41, 5.74) is 1.48. The van der Waals surface area contributed by atoms with Crippen LogP contribution in [0.4, 0.5) is 5.69 Å². The van der Waals surface area contributed by atoms with Gasteiger partial charge in [0.1, 0.15) is 11.5 Å². The molecule has 0 spiro atoms. The summed E-state index contributed by atoms with van der Waals surface area (Å²) >= 11 is 0. The number of aromatic nitrogens is 2. The van der Waals surface area contributed by atoms with Crippen LogP contribution in [0, 0.1) is 0 Å². The summed E-state index contributed by atoms with van der Waals surface area (Å²) in [6, 6.07) is 14.6. The first-order valence-electron chi connectivity index (χ1n) is 8.67. The fourth-order valence-corrected chi connectivity index (χ4v) is 2.47. The lowest BCUT2D eigenvalue weighted by molar-refractivity contribution is -0.116. The molecule has 0 saturated heterocycles. The maximum absolute atomic E-state index is 12.1. The van der Waals surface area contributed by atoms with Crippen molar-refractivity contribution in [2.75, 3.05) is 19.0 Å². The van der Waals surface area contributed by atoms with E-state index in [1.807, 2.05) is 43.3 Å². The number of anilines is 1. The highest BCUT2D eigenvalue weighted by molar-refractivity contribution is 5.90. The Morgan fingerprint density at radius 2 is 1.93 bits per heavy atom. The lowest BCUT2D eigenvalue weighted by Crippen LogP contribution is -2.12. The molecule has 7 heteroatoms. The maximum Gasteiger partial charge on any atom is 0.247 e. The van der Waals surface area contributed by atoms with Gasteiger partial charge in [-0.3, -0.25) is 4.79 Å². The minimum atomic E-state index is -0.125. The largest absolute Gasteiger partial charge is 0.497 e. The number of hydrogen-bond acceptors (Lipinski definition) is 6. The van der Waals surface area contributed by atoms with Gasteiger partial charge < -0.3 is 19.2 Å². The monoisotopic (exact) mass is 367 g/mol. The van der Waals surface area contributed by atoms with Crippen LogP contribution < -0.4 is 14.8 Å². The number of ether oxygens (including phenoxy) is 2. The zero-order valence-corrected chi connectivity index (χ0v) is 15.3. The number of aryl methyl sites for hydroxylation is 1. The zero-order chi connectivity index (χ0) is 19.1. The van der Waals surface area contributed by atoms with Crippen LogP contribution in [-0.2, 0) is 11.2 Å². The second kappa shape index (κ2) is 8.84. The summed E-state index contributed by atoms with van der Waals surface area (Å²) in [6.45, 7) is 2.53. The number of nitrogens with zero attached hydrogens (tertiary/aromatic N) is 2. The number of methoxy groups -OCH3 is 1. The third-order valence-electron chi connectivity index (χ3n) is 3.80. The Morgan fingerprint density at radius 1 is 1.11 bits per heavy atom. The van der Waals surface area contributed by atoms with Crippen molar-refractivity contribution in [1.29, 1.82) is 0 Å². The second-order valence-electron chi connectivity index (χ2n) is 5.74. The van der Waals surface area contributed by atoms with Crippen LogP contribution >= 0.6 is 0 Å². The predicted molar refractivity (Wildman–Crippen MR) is 101 cm³/mol. The molecule has 0 fully saturated rings. The van der Waals surface area contributed by atoms with Gasteiger partial charge in [-0.2, -0.15) is 0 Å². The number of hydrogen-bond donors (Lipinski definition) is 1. The highest BCUT2D eigenvalue weighted by Crippen LogP contribution is 2.23. The smallest absolute Gasteiger partial charge is 0.247 e. The van der Waals surface area contributed by atoms with Gasteiger partial charge in [0.05, 0.1) is 13.7 Å². The molecule has 0 aliphatic rings. The van der Waals surface area contributed by atoms with Gasteiger partial charge in [-0.05, 0) is 49.4 Å². The summed E-state index contributed by atoms with van der Waals surface area (Å²) in [7, 11) is 1.60. The predicted octanol–water partition coefficient (Wildman–Crippen LogP) is 3.72. The lowest BCUT2D eigenvalue weighted by atomic mass is 10.2. The molecule has 0 atom stereocenters. The molecule has 7 nitrogen and oxygen atoms in total. The van der Waals surface area contributed by atoms with Crippen molar-refractivity contribution in [3.63, 3.8) is 0 Å². The van der Waals surface area contributed by atoms with E-state index in [2.05, 4.69) is 15.5 Å². The molecule has 1 N–H and O–H groups in total. The zero-order valence-electron chi connectivity index (χ0n) is 15.3. The van der Waals surface area contributed by atoms with Crippen LogP contribution in [0.3, 0.4) is 0 Å². The molecule has 140 valence electrons. The molecular weight excluding hydrogens is 346 g/mol. The number of rotatable bonds is 8. The number of benzene rings is 2. The molecule has 2 aromatic carbocycles. The second-order valence-corrected chi connectivity index (χ2v) is 5.74.